The summed E-state index contributed by atoms with van der Waals surface area (Å²) in [5.74, 6) is 0. The van der Waals surface area contributed by atoms with E-state index in [1.807, 2.05) is 6.07 Å². The molecule has 1 nitrogen and oxygen atoms in total. The van der Waals surface area contributed by atoms with Crippen LogP contribution in [0.5, 0.6) is 0 Å². The van der Waals surface area contributed by atoms with Gasteiger partial charge < -0.3 is 0 Å². The molecule has 0 unspecified atom stereocenters. The van der Waals surface area contributed by atoms with Crippen LogP contribution in [0, 0.1) is 5.41 Å². The smallest absolute Gasteiger partial charge is 0.243 e. The Balaban J connectivity index is 2.52. The van der Waals surface area contributed by atoms with E-state index in [4.69, 9.17) is 11.6 Å². The van der Waals surface area contributed by atoms with Crippen molar-refractivity contribution in [1.82, 2.24) is 4.98 Å². The highest BCUT2D eigenvalue weighted by atomic mass is 35.5. The fraction of sp³-hybridized carbons (Fsp3) is 0.400. The minimum Gasteiger partial charge on any atom is -0.243 e. The first-order valence-corrected chi connectivity index (χ1v) is 6.60. The number of alkyl halides is 3. The van der Waals surface area contributed by atoms with E-state index in [-0.39, 0.29) is 16.0 Å². The summed E-state index contributed by atoms with van der Waals surface area (Å²) in [5, 5.41) is 0.638. The maximum absolute atomic E-state index is 12.7. The average molecular weight is 302 g/mol. The molecule has 108 valence electrons. The molecule has 0 aliphatic heterocycles. The van der Waals surface area contributed by atoms with Crippen LogP contribution in [0.25, 0.3) is 10.9 Å². The zero-order valence-electron chi connectivity index (χ0n) is 11.5. The lowest BCUT2D eigenvalue weighted by Gasteiger charge is -2.18. The minimum absolute atomic E-state index is 0.0816. The number of pyridine rings is 1. The lowest BCUT2D eigenvalue weighted by Crippen LogP contribution is -2.10. The van der Waals surface area contributed by atoms with Gasteiger partial charge in [-0.15, -0.1) is 0 Å². The quantitative estimate of drug-likeness (QED) is 0.678. The molecule has 0 amide bonds. The monoisotopic (exact) mass is 301 g/mol. The molecule has 0 N–H and O–H groups in total. The standard InChI is InChI=1S/C15H15ClF3N/c1-14(2,3)8-9-4-5-12-10(6-9)11(16)7-13(20-12)15(17,18)19/h4-7H,8H2,1-3H3. The molecule has 2 aromatic rings. The summed E-state index contributed by atoms with van der Waals surface area (Å²) in [5.41, 5.74) is 0.439. The molecule has 0 saturated heterocycles. The number of hydrogen-bond acceptors (Lipinski definition) is 1. The van der Waals surface area contributed by atoms with E-state index in [1.165, 1.54) is 0 Å². The fourth-order valence-corrected chi connectivity index (χ4v) is 2.35. The van der Waals surface area contributed by atoms with Gasteiger partial charge in [-0.25, -0.2) is 4.98 Å². The second-order valence-corrected chi connectivity index (χ2v) is 6.48. The van der Waals surface area contributed by atoms with Crippen molar-refractivity contribution in [3.8, 4) is 0 Å². The maximum Gasteiger partial charge on any atom is 0.433 e. The molecule has 1 heterocycles. The van der Waals surface area contributed by atoms with Gasteiger partial charge in [-0.1, -0.05) is 38.4 Å². The second-order valence-electron chi connectivity index (χ2n) is 6.08. The summed E-state index contributed by atoms with van der Waals surface area (Å²) < 4.78 is 38.0. The summed E-state index contributed by atoms with van der Waals surface area (Å²) in [6.45, 7) is 6.30. The maximum atomic E-state index is 12.7. The molecule has 0 saturated carbocycles. The molecule has 1 aromatic heterocycles. The van der Waals surface area contributed by atoms with Crippen LogP contribution in [-0.2, 0) is 12.6 Å². The van der Waals surface area contributed by atoms with Gasteiger partial charge in [0, 0.05) is 5.39 Å². The number of aromatic nitrogens is 1. The predicted molar refractivity (Wildman–Crippen MR) is 74.9 cm³/mol. The average Bonchev–Trinajstić information content (AvgIpc) is 2.26. The molecule has 0 aliphatic rings. The lowest BCUT2D eigenvalue weighted by molar-refractivity contribution is -0.140. The van der Waals surface area contributed by atoms with Crippen LogP contribution < -0.4 is 0 Å². The Morgan fingerprint density at radius 2 is 1.75 bits per heavy atom. The summed E-state index contributed by atoms with van der Waals surface area (Å²) in [6, 6.07) is 6.09. The number of nitrogens with zero attached hydrogens (tertiary/aromatic N) is 1. The van der Waals surface area contributed by atoms with E-state index < -0.39 is 11.9 Å². The predicted octanol–water partition coefficient (Wildman–Crippen LogP) is 5.50. The molecule has 1 aromatic carbocycles. The molecule has 0 atom stereocenters. The molecular weight excluding hydrogens is 287 g/mol. The Kier molecular flexibility index (Phi) is 3.71. The zero-order valence-corrected chi connectivity index (χ0v) is 12.2. The lowest BCUT2D eigenvalue weighted by atomic mass is 9.88. The van der Waals surface area contributed by atoms with E-state index in [1.54, 1.807) is 12.1 Å². The number of fused-ring (bicyclic) bond motifs is 1. The van der Waals surface area contributed by atoms with Crippen molar-refractivity contribution in [1.29, 1.82) is 0 Å². The van der Waals surface area contributed by atoms with Crippen molar-refractivity contribution in [3.05, 3.63) is 40.5 Å². The van der Waals surface area contributed by atoms with E-state index in [0.29, 0.717) is 5.39 Å². The van der Waals surface area contributed by atoms with Gasteiger partial charge >= 0.3 is 6.18 Å². The van der Waals surface area contributed by atoms with Gasteiger partial charge in [0.15, 0.2) is 0 Å². The van der Waals surface area contributed by atoms with Gasteiger partial charge in [0.1, 0.15) is 5.69 Å². The largest absolute Gasteiger partial charge is 0.433 e. The van der Waals surface area contributed by atoms with Gasteiger partial charge in [0.25, 0.3) is 0 Å². The molecular formula is C15H15ClF3N. The van der Waals surface area contributed by atoms with Crippen molar-refractivity contribution >= 4 is 22.5 Å². The van der Waals surface area contributed by atoms with E-state index in [9.17, 15) is 13.2 Å². The summed E-state index contributed by atoms with van der Waals surface area (Å²) in [4.78, 5) is 3.64. The Morgan fingerprint density at radius 3 is 2.30 bits per heavy atom. The normalized spacial score (nSPS) is 12.9. The number of rotatable bonds is 1. The molecule has 5 heteroatoms. The van der Waals surface area contributed by atoms with Crippen LogP contribution in [0.3, 0.4) is 0 Å². The third-order valence-electron chi connectivity index (χ3n) is 2.85. The Hall–Kier alpha value is -1.29. The van der Waals surface area contributed by atoms with Gasteiger partial charge in [-0.3, -0.25) is 0 Å². The van der Waals surface area contributed by atoms with Crippen LogP contribution in [-0.4, -0.2) is 4.98 Å². The highest BCUT2D eigenvalue weighted by Gasteiger charge is 2.33. The van der Waals surface area contributed by atoms with Crippen molar-refractivity contribution in [3.63, 3.8) is 0 Å². The summed E-state index contributed by atoms with van der Waals surface area (Å²) >= 11 is 5.97. The van der Waals surface area contributed by atoms with E-state index >= 15 is 0 Å². The zero-order chi connectivity index (χ0) is 15.1. The number of hydrogen-bond donors (Lipinski definition) is 0. The third kappa shape index (κ3) is 3.42. The van der Waals surface area contributed by atoms with Crippen LogP contribution in [0.15, 0.2) is 24.3 Å². The topological polar surface area (TPSA) is 12.9 Å². The molecule has 0 radical (unpaired) electrons. The van der Waals surface area contributed by atoms with Crippen molar-refractivity contribution < 1.29 is 13.2 Å². The first-order chi connectivity index (χ1) is 9.06. The van der Waals surface area contributed by atoms with Crippen LogP contribution >= 0.6 is 11.6 Å². The van der Waals surface area contributed by atoms with Gasteiger partial charge in [0.2, 0.25) is 0 Å². The van der Waals surface area contributed by atoms with Crippen LogP contribution in [0.1, 0.15) is 32.0 Å². The van der Waals surface area contributed by atoms with Crippen LogP contribution in [0.4, 0.5) is 13.2 Å². The van der Waals surface area contributed by atoms with Crippen LogP contribution in [0.2, 0.25) is 5.02 Å². The second kappa shape index (κ2) is 4.92. The van der Waals surface area contributed by atoms with Crippen molar-refractivity contribution in [2.24, 2.45) is 5.41 Å². The molecule has 20 heavy (non-hydrogen) atoms. The molecule has 0 bridgehead atoms. The molecule has 0 aliphatic carbocycles. The molecule has 2 rings (SSSR count). The van der Waals surface area contributed by atoms with Gasteiger partial charge in [0.05, 0.1) is 10.5 Å². The Bertz CT molecular complexity index is 642. The van der Waals surface area contributed by atoms with Crippen molar-refractivity contribution in [2.45, 2.75) is 33.4 Å². The van der Waals surface area contributed by atoms with E-state index in [0.717, 1.165) is 18.1 Å². The third-order valence-corrected chi connectivity index (χ3v) is 3.16. The molecule has 0 fully saturated rings. The minimum atomic E-state index is -4.48. The first-order valence-electron chi connectivity index (χ1n) is 6.23. The van der Waals surface area contributed by atoms with Gasteiger partial charge in [-0.2, -0.15) is 13.2 Å². The Morgan fingerprint density at radius 1 is 1.10 bits per heavy atom. The molecule has 0 spiro atoms. The van der Waals surface area contributed by atoms with E-state index in [2.05, 4.69) is 25.8 Å². The van der Waals surface area contributed by atoms with Crippen molar-refractivity contribution in [2.75, 3.05) is 0 Å². The number of halogens is 4. The first kappa shape index (κ1) is 15.1. The highest BCUT2D eigenvalue weighted by Crippen LogP contribution is 2.33. The Labute approximate surface area is 120 Å². The number of benzene rings is 1. The highest BCUT2D eigenvalue weighted by molar-refractivity contribution is 6.35. The SMILES string of the molecule is CC(C)(C)Cc1ccc2nc(C(F)(F)F)cc(Cl)c2c1. The van der Waals surface area contributed by atoms with Gasteiger partial charge in [-0.05, 0) is 35.6 Å². The summed E-state index contributed by atoms with van der Waals surface area (Å²) in [6.07, 6.45) is -3.66. The fourth-order valence-electron chi connectivity index (χ4n) is 2.10. The summed E-state index contributed by atoms with van der Waals surface area (Å²) in [7, 11) is 0.